The molecule has 6 nitrogen and oxygen atoms in total. The van der Waals surface area contributed by atoms with E-state index < -0.39 is 30.6 Å². The van der Waals surface area contributed by atoms with Crippen LogP contribution in [-0.4, -0.2) is 80.1 Å². The summed E-state index contributed by atoms with van der Waals surface area (Å²) in [5, 5.41) is 5.37. The van der Waals surface area contributed by atoms with Crippen molar-refractivity contribution >= 4 is 11.8 Å². The highest BCUT2D eigenvalue weighted by atomic mass is 19.4. The van der Waals surface area contributed by atoms with Gasteiger partial charge in [0.2, 0.25) is 11.8 Å². The summed E-state index contributed by atoms with van der Waals surface area (Å²) in [7, 11) is 1.58. The molecule has 0 bridgehead atoms. The number of carbonyl (C=O) groups excluding carboxylic acids is 2. The highest BCUT2D eigenvalue weighted by Crippen LogP contribution is 2.25. The van der Waals surface area contributed by atoms with Crippen LogP contribution >= 0.6 is 0 Å². The van der Waals surface area contributed by atoms with Gasteiger partial charge in [0, 0.05) is 52.7 Å². The first-order chi connectivity index (χ1) is 10.3. The summed E-state index contributed by atoms with van der Waals surface area (Å²) >= 11 is 0. The molecule has 0 saturated carbocycles. The van der Waals surface area contributed by atoms with E-state index in [1.54, 1.807) is 7.05 Å². The highest BCUT2D eigenvalue weighted by molar-refractivity contribution is 5.89. The predicted octanol–water partition coefficient (Wildman–Crippen LogP) is -0.583. The second kappa shape index (κ2) is 6.82. The fourth-order valence-corrected chi connectivity index (χ4v) is 2.83. The first-order valence-electron chi connectivity index (χ1n) is 7.32. The molecule has 0 aromatic rings. The third kappa shape index (κ3) is 4.10. The average molecular weight is 322 g/mol. The highest BCUT2D eigenvalue weighted by Gasteiger charge is 2.44. The minimum Gasteiger partial charge on any atom is -0.354 e. The maximum atomic E-state index is 13.2. The summed E-state index contributed by atoms with van der Waals surface area (Å²) in [4.78, 5) is 26.1. The van der Waals surface area contributed by atoms with E-state index in [1.807, 2.05) is 0 Å². The predicted molar refractivity (Wildman–Crippen MR) is 73.0 cm³/mol. The van der Waals surface area contributed by atoms with Crippen LogP contribution in [0.4, 0.5) is 13.2 Å². The Balaban J connectivity index is 1.90. The molecule has 0 spiro atoms. The normalized spacial score (nSPS) is 25.4. The van der Waals surface area contributed by atoms with Gasteiger partial charge in [0.25, 0.3) is 0 Å². The van der Waals surface area contributed by atoms with Crippen LogP contribution in [0.25, 0.3) is 0 Å². The van der Waals surface area contributed by atoms with E-state index in [0.29, 0.717) is 26.2 Å². The van der Waals surface area contributed by atoms with Crippen molar-refractivity contribution < 1.29 is 22.8 Å². The van der Waals surface area contributed by atoms with Crippen LogP contribution < -0.4 is 10.6 Å². The van der Waals surface area contributed by atoms with Gasteiger partial charge in [-0.25, -0.2) is 0 Å². The summed E-state index contributed by atoms with van der Waals surface area (Å²) in [6.45, 7) is 1.38. The van der Waals surface area contributed by atoms with Gasteiger partial charge in [-0.05, 0) is 0 Å². The molecule has 2 heterocycles. The van der Waals surface area contributed by atoms with Crippen molar-refractivity contribution in [2.45, 2.75) is 18.6 Å². The zero-order chi connectivity index (χ0) is 16.3. The molecule has 0 aromatic carbocycles. The fourth-order valence-electron chi connectivity index (χ4n) is 2.83. The standard InChI is InChI=1S/C13H21F3N4O2/c1-19-8-9(6-11(19)21)12(22)18-7-10(13(14,15)16)20-4-2-17-3-5-20/h9-10,17H,2-8H2,1H3,(H,18,22). The number of hydrogen-bond acceptors (Lipinski definition) is 4. The Morgan fingerprint density at radius 2 is 2.05 bits per heavy atom. The van der Waals surface area contributed by atoms with E-state index in [2.05, 4.69) is 10.6 Å². The maximum absolute atomic E-state index is 13.2. The monoisotopic (exact) mass is 322 g/mol. The molecular weight excluding hydrogens is 301 g/mol. The lowest BCUT2D eigenvalue weighted by Gasteiger charge is -2.36. The number of carbonyl (C=O) groups is 2. The van der Waals surface area contributed by atoms with Crippen LogP contribution in [0.3, 0.4) is 0 Å². The van der Waals surface area contributed by atoms with Crippen LogP contribution in [0.15, 0.2) is 0 Å². The molecular formula is C13H21F3N4O2. The number of likely N-dealkylation sites (tertiary alicyclic amines) is 1. The van der Waals surface area contributed by atoms with Crippen molar-refractivity contribution in [1.82, 2.24) is 20.4 Å². The Labute approximate surface area is 127 Å². The number of nitrogens with one attached hydrogen (secondary N) is 2. The van der Waals surface area contributed by atoms with Crippen molar-refractivity contribution in [2.24, 2.45) is 5.92 Å². The molecule has 22 heavy (non-hydrogen) atoms. The molecule has 0 radical (unpaired) electrons. The van der Waals surface area contributed by atoms with Crippen molar-refractivity contribution in [1.29, 1.82) is 0 Å². The lowest BCUT2D eigenvalue weighted by molar-refractivity contribution is -0.184. The number of nitrogens with zero attached hydrogens (tertiary/aromatic N) is 2. The number of amides is 2. The molecule has 2 amide bonds. The van der Waals surface area contributed by atoms with E-state index in [1.165, 1.54) is 9.80 Å². The smallest absolute Gasteiger partial charge is 0.354 e. The van der Waals surface area contributed by atoms with Gasteiger partial charge < -0.3 is 15.5 Å². The SMILES string of the molecule is CN1CC(C(=O)NCC(N2CCNCC2)C(F)(F)F)CC1=O. The van der Waals surface area contributed by atoms with Crippen molar-refractivity contribution in [2.75, 3.05) is 46.3 Å². The Hall–Kier alpha value is -1.35. The molecule has 2 fully saturated rings. The quantitative estimate of drug-likeness (QED) is 0.727. The van der Waals surface area contributed by atoms with Crippen molar-refractivity contribution in [3.05, 3.63) is 0 Å². The Morgan fingerprint density at radius 1 is 1.41 bits per heavy atom. The molecule has 0 aliphatic carbocycles. The topological polar surface area (TPSA) is 64.7 Å². The lowest BCUT2D eigenvalue weighted by atomic mass is 10.1. The number of halogens is 3. The minimum absolute atomic E-state index is 0.0622. The molecule has 2 aliphatic rings. The largest absolute Gasteiger partial charge is 0.405 e. The van der Waals surface area contributed by atoms with Crippen molar-refractivity contribution in [3.63, 3.8) is 0 Å². The Bertz CT molecular complexity index is 424. The van der Waals surface area contributed by atoms with Gasteiger partial charge in [-0.15, -0.1) is 0 Å². The average Bonchev–Trinajstić information content (AvgIpc) is 2.78. The van der Waals surface area contributed by atoms with Gasteiger partial charge >= 0.3 is 6.18 Å². The third-order valence-electron chi connectivity index (χ3n) is 4.15. The van der Waals surface area contributed by atoms with E-state index >= 15 is 0 Å². The Morgan fingerprint density at radius 3 is 2.55 bits per heavy atom. The maximum Gasteiger partial charge on any atom is 0.405 e. The number of rotatable bonds is 4. The van der Waals surface area contributed by atoms with Crippen LogP contribution in [0.1, 0.15) is 6.42 Å². The van der Waals surface area contributed by atoms with Crippen molar-refractivity contribution in [3.8, 4) is 0 Å². The molecule has 2 saturated heterocycles. The van der Waals surface area contributed by atoms with Crippen LogP contribution in [0.2, 0.25) is 0 Å². The molecule has 2 rings (SSSR count). The summed E-state index contributed by atoms with van der Waals surface area (Å²) in [5.41, 5.74) is 0. The molecule has 2 atom stereocenters. The van der Waals surface area contributed by atoms with Gasteiger partial charge in [-0.3, -0.25) is 14.5 Å². The van der Waals surface area contributed by atoms with E-state index in [0.717, 1.165) is 0 Å². The molecule has 2 unspecified atom stereocenters. The molecule has 9 heteroatoms. The van der Waals surface area contributed by atoms with Gasteiger partial charge in [0.1, 0.15) is 6.04 Å². The molecule has 2 N–H and O–H groups in total. The zero-order valence-corrected chi connectivity index (χ0v) is 12.4. The minimum atomic E-state index is -4.40. The first-order valence-corrected chi connectivity index (χ1v) is 7.32. The van der Waals surface area contributed by atoms with E-state index in [9.17, 15) is 22.8 Å². The van der Waals surface area contributed by atoms with Crippen LogP contribution in [-0.2, 0) is 9.59 Å². The molecule has 2 aliphatic heterocycles. The van der Waals surface area contributed by atoms with Crippen LogP contribution in [0, 0.1) is 5.92 Å². The van der Waals surface area contributed by atoms with Crippen LogP contribution in [0.5, 0.6) is 0 Å². The fraction of sp³-hybridized carbons (Fsp3) is 0.846. The second-order valence-corrected chi connectivity index (χ2v) is 5.76. The summed E-state index contributed by atoms with van der Waals surface area (Å²) in [6.07, 6.45) is -4.33. The van der Waals surface area contributed by atoms with E-state index in [4.69, 9.17) is 0 Å². The van der Waals surface area contributed by atoms with Gasteiger partial charge in [-0.2, -0.15) is 13.2 Å². The van der Waals surface area contributed by atoms with E-state index in [-0.39, 0.29) is 18.9 Å². The molecule has 0 aromatic heterocycles. The summed E-state index contributed by atoms with van der Waals surface area (Å²) in [6, 6.07) is -1.69. The van der Waals surface area contributed by atoms with Gasteiger partial charge in [-0.1, -0.05) is 0 Å². The second-order valence-electron chi connectivity index (χ2n) is 5.76. The Kier molecular flexibility index (Phi) is 5.28. The molecule has 126 valence electrons. The lowest BCUT2D eigenvalue weighted by Crippen LogP contribution is -2.57. The third-order valence-corrected chi connectivity index (χ3v) is 4.15. The number of hydrogen-bond donors (Lipinski definition) is 2. The number of alkyl halides is 3. The summed E-state index contributed by atoms with van der Waals surface area (Å²) in [5.74, 6) is -1.20. The first kappa shape index (κ1) is 17.0. The summed E-state index contributed by atoms with van der Waals surface area (Å²) < 4.78 is 39.5. The van der Waals surface area contributed by atoms with Gasteiger partial charge in [0.15, 0.2) is 0 Å². The number of piperazine rings is 1. The van der Waals surface area contributed by atoms with Gasteiger partial charge in [0.05, 0.1) is 5.92 Å². The zero-order valence-electron chi connectivity index (χ0n) is 12.4.